The standard InChI is InChI=1S/C28H45N3O6S/c1-8-9-10-11-16-31(26(34)22(15-17-38-7)30-27(35)37-28(3,4)5)24(21-14-12-13-20(2)18-21)25(33)29-19-23(32)36-6/h12-14,18,22,24H,8-11,15-17,19H2,1-7H3,(H,29,33)(H,30,35). The Morgan fingerprint density at radius 3 is 2.39 bits per heavy atom. The third-order valence-corrected chi connectivity index (χ3v) is 6.33. The predicted molar refractivity (Wildman–Crippen MR) is 151 cm³/mol. The topological polar surface area (TPSA) is 114 Å². The molecule has 0 aliphatic rings. The number of benzene rings is 1. The Kier molecular flexibility index (Phi) is 14.9. The van der Waals surface area contributed by atoms with Gasteiger partial charge in [0.25, 0.3) is 0 Å². The number of nitrogens with one attached hydrogen (secondary N) is 2. The van der Waals surface area contributed by atoms with E-state index in [1.807, 2.05) is 31.4 Å². The highest BCUT2D eigenvalue weighted by atomic mass is 32.2. The number of hydrogen-bond donors (Lipinski definition) is 2. The quantitative estimate of drug-likeness (QED) is 0.246. The molecule has 0 saturated heterocycles. The van der Waals surface area contributed by atoms with Gasteiger partial charge in [0.15, 0.2) is 0 Å². The molecule has 2 N–H and O–H groups in total. The number of ether oxygens (including phenoxy) is 2. The predicted octanol–water partition coefficient (Wildman–Crippen LogP) is 4.38. The molecule has 0 aliphatic heterocycles. The van der Waals surface area contributed by atoms with E-state index in [2.05, 4.69) is 22.3 Å². The number of nitrogens with zero attached hydrogens (tertiary/aromatic N) is 1. The molecule has 3 amide bonds. The van der Waals surface area contributed by atoms with Crippen molar-refractivity contribution in [1.82, 2.24) is 15.5 Å². The molecule has 0 saturated carbocycles. The van der Waals surface area contributed by atoms with Gasteiger partial charge in [0.1, 0.15) is 24.2 Å². The molecule has 0 fully saturated rings. The highest BCUT2D eigenvalue weighted by molar-refractivity contribution is 7.98. The zero-order valence-electron chi connectivity index (χ0n) is 23.9. The van der Waals surface area contributed by atoms with Crippen LogP contribution in [0, 0.1) is 6.92 Å². The summed E-state index contributed by atoms with van der Waals surface area (Å²) in [6.45, 7) is 9.27. The number of thioether (sulfide) groups is 1. The van der Waals surface area contributed by atoms with Crippen molar-refractivity contribution < 1.29 is 28.7 Å². The number of carbonyl (C=O) groups excluding carboxylic acids is 4. The second kappa shape index (κ2) is 17.0. The molecule has 1 aromatic carbocycles. The number of carbonyl (C=O) groups is 4. The van der Waals surface area contributed by atoms with Crippen LogP contribution in [-0.2, 0) is 23.9 Å². The Labute approximate surface area is 231 Å². The van der Waals surface area contributed by atoms with E-state index in [0.717, 1.165) is 24.8 Å². The summed E-state index contributed by atoms with van der Waals surface area (Å²) in [5.41, 5.74) is 0.823. The zero-order valence-corrected chi connectivity index (χ0v) is 24.7. The molecule has 2 atom stereocenters. The lowest BCUT2D eigenvalue weighted by Gasteiger charge is -2.34. The first-order chi connectivity index (χ1) is 17.9. The van der Waals surface area contributed by atoms with Gasteiger partial charge in [-0.1, -0.05) is 56.0 Å². The number of unbranched alkanes of at least 4 members (excludes halogenated alkanes) is 3. The van der Waals surface area contributed by atoms with Gasteiger partial charge >= 0.3 is 12.1 Å². The summed E-state index contributed by atoms with van der Waals surface area (Å²) in [5, 5.41) is 5.35. The van der Waals surface area contributed by atoms with Crippen LogP contribution in [-0.4, -0.2) is 72.6 Å². The van der Waals surface area contributed by atoms with Gasteiger partial charge in [-0.05, 0) is 58.1 Å². The summed E-state index contributed by atoms with van der Waals surface area (Å²) in [6, 6.07) is 5.50. The number of hydrogen-bond acceptors (Lipinski definition) is 7. The molecule has 0 aliphatic carbocycles. The fourth-order valence-electron chi connectivity index (χ4n) is 3.86. The first-order valence-corrected chi connectivity index (χ1v) is 14.5. The van der Waals surface area contributed by atoms with Gasteiger partial charge in [-0.3, -0.25) is 14.4 Å². The van der Waals surface area contributed by atoms with E-state index in [0.29, 0.717) is 30.7 Å². The molecule has 0 heterocycles. The fraction of sp³-hybridized carbons (Fsp3) is 0.643. The molecular weight excluding hydrogens is 506 g/mol. The number of aryl methyl sites for hydroxylation is 1. The average Bonchev–Trinajstić information content (AvgIpc) is 2.85. The maximum Gasteiger partial charge on any atom is 0.408 e. The van der Waals surface area contributed by atoms with E-state index >= 15 is 0 Å². The molecule has 0 bridgehead atoms. The first kappa shape index (κ1) is 33.3. The minimum atomic E-state index is -0.995. The number of esters is 1. The first-order valence-electron chi connectivity index (χ1n) is 13.1. The second-order valence-corrected chi connectivity index (χ2v) is 11.2. The van der Waals surface area contributed by atoms with Crippen molar-refractivity contribution >= 4 is 35.6 Å². The Balaban J connectivity index is 3.45. The van der Waals surface area contributed by atoms with E-state index in [1.54, 1.807) is 38.6 Å². The van der Waals surface area contributed by atoms with Gasteiger partial charge < -0.3 is 25.0 Å². The highest BCUT2D eigenvalue weighted by Crippen LogP contribution is 2.25. The molecule has 38 heavy (non-hydrogen) atoms. The second-order valence-electron chi connectivity index (χ2n) is 10.2. The smallest absolute Gasteiger partial charge is 0.408 e. The van der Waals surface area contributed by atoms with E-state index in [1.165, 1.54) is 12.0 Å². The van der Waals surface area contributed by atoms with Gasteiger partial charge in [-0.15, -0.1) is 0 Å². The molecule has 0 radical (unpaired) electrons. The van der Waals surface area contributed by atoms with Crippen molar-refractivity contribution in [3.63, 3.8) is 0 Å². The van der Waals surface area contributed by atoms with Crippen molar-refractivity contribution in [3.8, 4) is 0 Å². The third kappa shape index (κ3) is 12.2. The SMILES string of the molecule is CCCCCCN(C(=O)C(CCSC)NC(=O)OC(C)(C)C)C(C(=O)NCC(=O)OC)c1cccc(C)c1. The van der Waals surface area contributed by atoms with Crippen LogP contribution in [0.5, 0.6) is 0 Å². The van der Waals surface area contributed by atoms with Gasteiger partial charge in [0.2, 0.25) is 11.8 Å². The Morgan fingerprint density at radius 1 is 1.11 bits per heavy atom. The zero-order chi connectivity index (χ0) is 28.7. The lowest BCUT2D eigenvalue weighted by molar-refractivity contribution is -0.144. The van der Waals surface area contributed by atoms with Crippen molar-refractivity contribution in [2.75, 3.05) is 32.2 Å². The summed E-state index contributed by atoms with van der Waals surface area (Å²) in [6.07, 6.45) is 5.20. The fourth-order valence-corrected chi connectivity index (χ4v) is 4.33. The molecular formula is C28H45N3O6S. The number of rotatable bonds is 15. The molecule has 0 spiro atoms. The molecule has 2 unspecified atom stereocenters. The van der Waals surface area contributed by atoms with Gasteiger partial charge in [-0.25, -0.2) is 4.79 Å². The van der Waals surface area contributed by atoms with Crippen LogP contribution in [0.25, 0.3) is 0 Å². The molecule has 1 rings (SSSR count). The van der Waals surface area contributed by atoms with Crippen LogP contribution in [0.1, 0.15) is 77.0 Å². The summed E-state index contributed by atoms with van der Waals surface area (Å²) < 4.78 is 10.1. The summed E-state index contributed by atoms with van der Waals surface area (Å²) in [5.74, 6) is -0.835. The molecule has 9 nitrogen and oxygen atoms in total. The number of methoxy groups -OCH3 is 1. The van der Waals surface area contributed by atoms with Gasteiger partial charge in [-0.2, -0.15) is 11.8 Å². The number of amides is 3. The molecule has 214 valence electrons. The number of alkyl carbamates (subject to hydrolysis) is 1. The summed E-state index contributed by atoms with van der Waals surface area (Å²) in [7, 11) is 1.24. The van der Waals surface area contributed by atoms with Gasteiger partial charge in [0, 0.05) is 6.54 Å². The van der Waals surface area contributed by atoms with Crippen LogP contribution >= 0.6 is 11.8 Å². The normalized spacial score (nSPS) is 12.7. The van der Waals surface area contributed by atoms with Crippen LogP contribution in [0.15, 0.2) is 24.3 Å². The van der Waals surface area contributed by atoms with Crippen molar-refractivity contribution in [2.45, 2.75) is 84.4 Å². The van der Waals surface area contributed by atoms with E-state index < -0.39 is 35.7 Å². The highest BCUT2D eigenvalue weighted by Gasteiger charge is 2.36. The van der Waals surface area contributed by atoms with Crippen LogP contribution < -0.4 is 10.6 Å². The van der Waals surface area contributed by atoms with Gasteiger partial charge in [0.05, 0.1) is 7.11 Å². The lowest BCUT2D eigenvalue weighted by atomic mass is 10.00. The van der Waals surface area contributed by atoms with Crippen LogP contribution in [0.4, 0.5) is 4.79 Å². The van der Waals surface area contributed by atoms with E-state index in [-0.39, 0.29) is 12.5 Å². The maximum atomic E-state index is 14.1. The van der Waals surface area contributed by atoms with Crippen molar-refractivity contribution in [1.29, 1.82) is 0 Å². The Bertz CT molecular complexity index is 918. The van der Waals surface area contributed by atoms with Crippen molar-refractivity contribution in [3.05, 3.63) is 35.4 Å². The third-order valence-electron chi connectivity index (χ3n) is 5.69. The molecule has 10 heteroatoms. The monoisotopic (exact) mass is 551 g/mol. The minimum Gasteiger partial charge on any atom is -0.468 e. The Hall–Kier alpha value is -2.75. The average molecular weight is 552 g/mol. The summed E-state index contributed by atoms with van der Waals surface area (Å²) in [4.78, 5) is 53.5. The van der Waals surface area contributed by atoms with E-state index in [9.17, 15) is 19.2 Å². The largest absolute Gasteiger partial charge is 0.468 e. The molecule has 1 aromatic rings. The lowest BCUT2D eigenvalue weighted by Crippen LogP contribution is -2.53. The molecule has 0 aromatic heterocycles. The summed E-state index contributed by atoms with van der Waals surface area (Å²) >= 11 is 1.56. The van der Waals surface area contributed by atoms with Crippen LogP contribution in [0.2, 0.25) is 0 Å². The maximum absolute atomic E-state index is 14.1. The van der Waals surface area contributed by atoms with E-state index in [4.69, 9.17) is 4.74 Å². The Morgan fingerprint density at radius 2 is 1.82 bits per heavy atom. The van der Waals surface area contributed by atoms with Crippen molar-refractivity contribution in [2.24, 2.45) is 0 Å². The van der Waals surface area contributed by atoms with Crippen LogP contribution in [0.3, 0.4) is 0 Å². The minimum absolute atomic E-state index is 0.314.